The maximum absolute atomic E-state index is 13.3. The van der Waals surface area contributed by atoms with E-state index in [4.69, 9.17) is 9.47 Å². The molecule has 2 rings (SSSR count). The lowest BCUT2D eigenvalue weighted by molar-refractivity contribution is -0.138. The van der Waals surface area contributed by atoms with Crippen molar-refractivity contribution in [2.45, 2.75) is 33.1 Å². The van der Waals surface area contributed by atoms with Gasteiger partial charge in [0.25, 0.3) is 0 Å². The number of alkyl halides is 3. The molecule has 0 radical (unpaired) electrons. The smallest absolute Gasteiger partial charge is 0.416 e. The summed E-state index contributed by atoms with van der Waals surface area (Å²) < 4.78 is 50.6. The molecule has 0 fully saturated rings. The summed E-state index contributed by atoms with van der Waals surface area (Å²) in [4.78, 5) is 11.4. The van der Waals surface area contributed by atoms with Crippen LogP contribution in [-0.2, 0) is 19.2 Å². The van der Waals surface area contributed by atoms with E-state index < -0.39 is 17.8 Å². The van der Waals surface area contributed by atoms with E-state index in [9.17, 15) is 18.0 Å². The Hall–Kier alpha value is -2.70. The van der Waals surface area contributed by atoms with Crippen LogP contribution < -0.4 is 14.8 Å². The lowest BCUT2D eigenvalue weighted by Crippen LogP contribution is -2.23. The number of hydrogen-bond donors (Lipinski definition) is 1. The third-order valence-corrected chi connectivity index (χ3v) is 3.86. The Morgan fingerprint density at radius 1 is 1.15 bits per heavy atom. The van der Waals surface area contributed by atoms with E-state index in [1.165, 1.54) is 19.2 Å². The van der Waals surface area contributed by atoms with Crippen LogP contribution >= 0.6 is 0 Å². The molecule has 1 amide bonds. The molecular formula is C19H20F3NO3. The van der Waals surface area contributed by atoms with Gasteiger partial charge in [0.1, 0.15) is 18.1 Å². The minimum atomic E-state index is -4.60. The number of rotatable bonds is 5. The van der Waals surface area contributed by atoms with Crippen molar-refractivity contribution in [1.29, 1.82) is 0 Å². The number of carbonyl (C=O) groups is 1. The summed E-state index contributed by atoms with van der Waals surface area (Å²) in [5.74, 6) is 0.284. The molecule has 2 aromatic carbocycles. The van der Waals surface area contributed by atoms with Crippen LogP contribution in [0.4, 0.5) is 18.0 Å². The van der Waals surface area contributed by atoms with E-state index in [1.54, 1.807) is 6.07 Å². The van der Waals surface area contributed by atoms with Crippen molar-refractivity contribution in [3.63, 3.8) is 0 Å². The van der Waals surface area contributed by atoms with E-state index in [2.05, 4.69) is 5.32 Å². The van der Waals surface area contributed by atoms with Gasteiger partial charge in [0.05, 0.1) is 5.56 Å². The summed E-state index contributed by atoms with van der Waals surface area (Å²) in [6, 6.07) is 8.93. The first-order valence-corrected chi connectivity index (χ1v) is 8.07. The second-order valence-electron chi connectivity index (χ2n) is 5.66. The van der Waals surface area contributed by atoms with Gasteiger partial charge in [0, 0.05) is 12.6 Å². The lowest BCUT2D eigenvalue weighted by Gasteiger charge is -2.18. The summed E-state index contributed by atoms with van der Waals surface area (Å²) in [6.07, 6.45) is -4.60. The third kappa shape index (κ3) is 4.68. The molecule has 0 atom stereocenters. The molecule has 0 bridgehead atoms. The molecule has 26 heavy (non-hydrogen) atoms. The van der Waals surface area contributed by atoms with Gasteiger partial charge in [0.15, 0.2) is 0 Å². The summed E-state index contributed by atoms with van der Waals surface area (Å²) in [7, 11) is 1.32. The highest BCUT2D eigenvalue weighted by molar-refractivity contribution is 5.70. The fourth-order valence-corrected chi connectivity index (χ4v) is 2.47. The van der Waals surface area contributed by atoms with Crippen LogP contribution in [0, 0.1) is 6.92 Å². The Labute approximate surface area is 149 Å². The van der Waals surface area contributed by atoms with Crippen LogP contribution in [0.3, 0.4) is 0 Å². The van der Waals surface area contributed by atoms with Gasteiger partial charge >= 0.3 is 12.3 Å². The summed E-state index contributed by atoms with van der Waals surface area (Å²) in [5, 5.41) is 2.21. The van der Waals surface area contributed by atoms with E-state index in [-0.39, 0.29) is 17.9 Å². The van der Waals surface area contributed by atoms with E-state index in [0.29, 0.717) is 5.75 Å². The number of halogens is 3. The first-order chi connectivity index (χ1) is 12.3. The molecule has 0 spiro atoms. The molecule has 0 aliphatic rings. The van der Waals surface area contributed by atoms with E-state index >= 15 is 0 Å². The van der Waals surface area contributed by atoms with Crippen molar-refractivity contribution < 1.29 is 27.4 Å². The van der Waals surface area contributed by atoms with Crippen LogP contribution in [-0.4, -0.2) is 13.1 Å². The largest absolute Gasteiger partial charge is 0.488 e. The first kappa shape index (κ1) is 19.6. The Bertz CT molecular complexity index is 788. The molecule has 4 nitrogen and oxygen atoms in total. The molecule has 140 valence electrons. The van der Waals surface area contributed by atoms with Gasteiger partial charge in [-0.1, -0.05) is 25.1 Å². The Kier molecular flexibility index (Phi) is 6.13. The van der Waals surface area contributed by atoms with E-state index in [1.807, 2.05) is 26.0 Å². The van der Waals surface area contributed by atoms with Crippen molar-refractivity contribution in [1.82, 2.24) is 5.32 Å². The second-order valence-corrected chi connectivity index (χ2v) is 5.66. The monoisotopic (exact) mass is 367 g/mol. The van der Waals surface area contributed by atoms with Gasteiger partial charge in [-0.05, 0) is 42.7 Å². The van der Waals surface area contributed by atoms with Crippen molar-refractivity contribution in [3.05, 3.63) is 58.7 Å². The average molecular weight is 367 g/mol. The molecule has 7 heteroatoms. The summed E-state index contributed by atoms with van der Waals surface area (Å²) >= 11 is 0. The molecule has 0 unspecified atom stereocenters. The molecule has 0 heterocycles. The third-order valence-electron chi connectivity index (χ3n) is 3.86. The SMILES string of the molecule is CCc1ccc(OCc2c(OC(=O)NC)cccc2C(F)(F)F)c(C)c1. The first-order valence-electron chi connectivity index (χ1n) is 8.07. The second kappa shape index (κ2) is 8.12. The minimum Gasteiger partial charge on any atom is -0.488 e. The van der Waals surface area contributed by atoms with Gasteiger partial charge in [0.2, 0.25) is 0 Å². The van der Waals surface area contributed by atoms with E-state index in [0.717, 1.165) is 23.6 Å². The van der Waals surface area contributed by atoms with Crippen molar-refractivity contribution in [2.24, 2.45) is 0 Å². The van der Waals surface area contributed by atoms with Gasteiger partial charge in [-0.2, -0.15) is 13.2 Å². The van der Waals surface area contributed by atoms with Gasteiger partial charge in [-0.15, -0.1) is 0 Å². The van der Waals surface area contributed by atoms with Crippen molar-refractivity contribution >= 4 is 6.09 Å². The fourth-order valence-electron chi connectivity index (χ4n) is 2.47. The molecule has 0 saturated carbocycles. The zero-order valence-electron chi connectivity index (χ0n) is 14.7. The van der Waals surface area contributed by atoms with Crippen molar-refractivity contribution in [3.8, 4) is 11.5 Å². The van der Waals surface area contributed by atoms with Crippen molar-refractivity contribution in [2.75, 3.05) is 7.05 Å². The number of aryl methyl sites for hydroxylation is 2. The maximum atomic E-state index is 13.3. The van der Waals surface area contributed by atoms with Gasteiger partial charge < -0.3 is 14.8 Å². The molecule has 0 aliphatic heterocycles. The van der Waals surface area contributed by atoms with Crippen LogP contribution in [0.25, 0.3) is 0 Å². The molecular weight excluding hydrogens is 347 g/mol. The number of ether oxygens (including phenoxy) is 2. The Morgan fingerprint density at radius 2 is 1.88 bits per heavy atom. The predicted octanol–water partition coefficient (Wildman–Crippen LogP) is 4.87. The molecule has 0 aromatic heterocycles. The highest BCUT2D eigenvalue weighted by atomic mass is 19.4. The normalized spacial score (nSPS) is 11.2. The summed E-state index contributed by atoms with van der Waals surface area (Å²) in [5.41, 5.74) is 0.793. The van der Waals surface area contributed by atoms with Crippen LogP contribution in [0.1, 0.15) is 29.2 Å². The molecule has 1 N–H and O–H groups in total. The topological polar surface area (TPSA) is 47.6 Å². The van der Waals surface area contributed by atoms with Crippen LogP contribution in [0.5, 0.6) is 11.5 Å². The van der Waals surface area contributed by atoms with Crippen LogP contribution in [0.15, 0.2) is 36.4 Å². The zero-order valence-corrected chi connectivity index (χ0v) is 14.7. The molecule has 0 saturated heterocycles. The molecule has 2 aromatic rings. The number of nitrogens with one attached hydrogen (secondary N) is 1. The van der Waals surface area contributed by atoms with Crippen LogP contribution in [0.2, 0.25) is 0 Å². The predicted molar refractivity (Wildman–Crippen MR) is 91.4 cm³/mol. The van der Waals surface area contributed by atoms with Gasteiger partial charge in [-0.25, -0.2) is 4.79 Å². The lowest BCUT2D eigenvalue weighted by atomic mass is 10.1. The number of amides is 1. The standard InChI is InChI=1S/C19H20F3NO3/c1-4-13-8-9-16(12(2)10-13)25-11-14-15(19(20,21)22)6-5-7-17(14)26-18(24)23-3/h5-10H,4,11H2,1-3H3,(H,23,24). The fraction of sp³-hybridized carbons (Fsp3) is 0.316. The maximum Gasteiger partial charge on any atom is 0.416 e. The zero-order chi connectivity index (χ0) is 19.3. The highest BCUT2D eigenvalue weighted by Gasteiger charge is 2.35. The minimum absolute atomic E-state index is 0.193. The Balaban J connectivity index is 2.35. The number of benzene rings is 2. The number of carbonyl (C=O) groups excluding carboxylic acids is 1. The number of hydrogen-bond acceptors (Lipinski definition) is 3. The highest BCUT2D eigenvalue weighted by Crippen LogP contribution is 2.37. The quantitative estimate of drug-likeness (QED) is 0.820. The molecule has 0 aliphatic carbocycles. The van der Waals surface area contributed by atoms with Gasteiger partial charge in [-0.3, -0.25) is 0 Å². The Morgan fingerprint density at radius 3 is 2.46 bits per heavy atom. The average Bonchev–Trinajstić information content (AvgIpc) is 2.60. The summed E-state index contributed by atoms with van der Waals surface area (Å²) in [6.45, 7) is 3.46.